The molecule has 1 aromatic rings. The van der Waals surface area contributed by atoms with Crippen LogP contribution in [0.1, 0.15) is 50.7 Å². The Balaban J connectivity index is 1.72. The Hall–Kier alpha value is -2.37. The number of carbonyl (C=O) groups is 2. The summed E-state index contributed by atoms with van der Waals surface area (Å²) in [5, 5.41) is 4.26. The first-order valence-corrected chi connectivity index (χ1v) is 9.66. The number of likely N-dealkylation sites (tertiary alicyclic amines) is 1. The van der Waals surface area contributed by atoms with Crippen molar-refractivity contribution in [3.05, 3.63) is 35.4 Å². The summed E-state index contributed by atoms with van der Waals surface area (Å²) in [7, 11) is 0. The van der Waals surface area contributed by atoms with Crippen LogP contribution in [0.2, 0.25) is 0 Å². The van der Waals surface area contributed by atoms with Gasteiger partial charge >= 0.3 is 5.97 Å². The number of amides is 1. The average Bonchev–Trinajstić information content (AvgIpc) is 3.11. The monoisotopic (exact) mass is 372 g/mol. The molecular weight excluding hydrogens is 344 g/mol. The Labute approximate surface area is 160 Å². The van der Waals surface area contributed by atoms with Crippen LogP contribution in [0, 0.1) is 12.3 Å². The molecule has 0 N–H and O–H groups in total. The highest BCUT2D eigenvalue weighted by atomic mass is 16.6. The second-order valence-corrected chi connectivity index (χ2v) is 7.58. The van der Waals surface area contributed by atoms with Gasteiger partial charge in [0.1, 0.15) is 6.10 Å². The summed E-state index contributed by atoms with van der Waals surface area (Å²) in [6, 6.07) is 8.19. The number of piperidine rings is 1. The minimum absolute atomic E-state index is 0.00712. The normalized spacial score (nSPS) is 24.9. The van der Waals surface area contributed by atoms with Crippen LogP contribution in [-0.2, 0) is 19.2 Å². The van der Waals surface area contributed by atoms with Gasteiger partial charge in [-0.2, -0.15) is 0 Å². The van der Waals surface area contributed by atoms with E-state index >= 15 is 0 Å². The Morgan fingerprint density at radius 2 is 2.07 bits per heavy atom. The number of aryl methyl sites for hydroxylation is 1. The number of carbonyl (C=O) groups excluding carboxylic acids is 2. The molecule has 0 spiro atoms. The second-order valence-electron chi connectivity index (χ2n) is 7.58. The number of benzene rings is 1. The van der Waals surface area contributed by atoms with Crippen molar-refractivity contribution in [1.29, 1.82) is 0 Å². The molecule has 0 bridgehead atoms. The van der Waals surface area contributed by atoms with Crippen molar-refractivity contribution >= 4 is 17.6 Å². The van der Waals surface area contributed by atoms with Crippen molar-refractivity contribution < 1.29 is 19.2 Å². The minimum atomic E-state index is -0.719. The van der Waals surface area contributed by atoms with E-state index in [2.05, 4.69) is 17.3 Å². The summed E-state index contributed by atoms with van der Waals surface area (Å²) in [5.41, 5.74) is 2.42. The summed E-state index contributed by atoms with van der Waals surface area (Å²) in [4.78, 5) is 32.1. The van der Waals surface area contributed by atoms with Crippen LogP contribution in [-0.4, -0.2) is 48.3 Å². The third kappa shape index (κ3) is 4.31. The average molecular weight is 372 g/mol. The molecule has 27 heavy (non-hydrogen) atoms. The highest BCUT2D eigenvalue weighted by molar-refractivity contribution is 6.01. The summed E-state index contributed by atoms with van der Waals surface area (Å²) in [5.74, 6) is -0.240. The summed E-state index contributed by atoms with van der Waals surface area (Å²) < 4.78 is 5.38. The standard InChI is InChI=1S/C21H28N2O4/c1-4-26-20(25)21(10-5-11-23(14-21)16(3)24)13-18-12-19(22-27-18)17-8-6-15(2)7-9-17/h6-9,18H,4-5,10-14H2,1-3H3/t18-,21+/m0/s1. The van der Waals surface area contributed by atoms with E-state index in [1.54, 1.807) is 11.8 Å². The van der Waals surface area contributed by atoms with Gasteiger partial charge in [0.05, 0.1) is 17.7 Å². The molecule has 1 aromatic carbocycles. The van der Waals surface area contributed by atoms with E-state index < -0.39 is 5.41 Å². The topological polar surface area (TPSA) is 68.2 Å². The molecule has 1 amide bonds. The summed E-state index contributed by atoms with van der Waals surface area (Å²) in [6.45, 7) is 6.81. The molecule has 2 heterocycles. The van der Waals surface area contributed by atoms with Gasteiger partial charge in [-0.3, -0.25) is 9.59 Å². The number of rotatable bonds is 5. The zero-order valence-electron chi connectivity index (χ0n) is 16.4. The van der Waals surface area contributed by atoms with E-state index in [-0.39, 0.29) is 18.0 Å². The van der Waals surface area contributed by atoms with E-state index in [4.69, 9.17) is 9.57 Å². The number of hydrogen-bond acceptors (Lipinski definition) is 5. The van der Waals surface area contributed by atoms with Gasteiger partial charge in [-0.05, 0) is 32.3 Å². The van der Waals surface area contributed by atoms with Crippen LogP contribution in [0.15, 0.2) is 29.4 Å². The van der Waals surface area contributed by atoms with Crippen molar-refractivity contribution in [2.24, 2.45) is 10.6 Å². The van der Waals surface area contributed by atoms with Gasteiger partial charge in [-0.25, -0.2) is 0 Å². The van der Waals surface area contributed by atoms with Crippen LogP contribution in [0.3, 0.4) is 0 Å². The molecule has 2 aliphatic rings. The molecule has 0 saturated carbocycles. The lowest BCUT2D eigenvalue weighted by Crippen LogP contribution is -2.51. The van der Waals surface area contributed by atoms with Gasteiger partial charge in [0.25, 0.3) is 0 Å². The van der Waals surface area contributed by atoms with Crippen LogP contribution in [0.5, 0.6) is 0 Å². The molecule has 0 aromatic heterocycles. The molecule has 3 rings (SSSR count). The third-order valence-corrected chi connectivity index (χ3v) is 5.47. The minimum Gasteiger partial charge on any atom is -0.466 e. The fourth-order valence-electron chi connectivity index (χ4n) is 3.99. The quantitative estimate of drug-likeness (QED) is 0.745. The summed E-state index contributed by atoms with van der Waals surface area (Å²) in [6.07, 6.45) is 2.47. The molecular formula is C21H28N2O4. The van der Waals surface area contributed by atoms with Gasteiger partial charge in [0, 0.05) is 32.9 Å². The molecule has 146 valence electrons. The van der Waals surface area contributed by atoms with Crippen molar-refractivity contribution in [2.45, 2.75) is 52.6 Å². The fourth-order valence-corrected chi connectivity index (χ4v) is 3.99. The van der Waals surface area contributed by atoms with E-state index in [0.717, 1.165) is 17.7 Å². The number of nitrogens with zero attached hydrogens (tertiary/aromatic N) is 2. The van der Waals surface area contributed by atoms with Crippen LogP contribution in [0.4, 0.5) is 0 Å². The van der Waals surface area contributed by atoms with Crippen LogP contribution in [0.25, 0.3) is 0 Å². The molecule has 2 aliphatic heterocycles. The molecule has 0 unspecified atom stereocenters. The number of hydrogen-bond donors (Lipinski definition) is 0. The Bertz CT molecular complexity index is 728. The zero-order chi connectivity index (χ0) is 19.4. The van der Waals surface area contributed by atoms with Gasteiger partial charge in [0.2, 0.25) is 5.91 Å². The SMILES string of the molecule is CCOC(=O)[C@@]1(C[C@@H]2CC(c3ccc(C)cc3)=NO2)CCCN(C(C)=O)C1. The number of oxime groups is 1. The number of esters is 1. The van der Waals surface area contributed by atoms with E-state index in [1.165, 1.54) is 5.56 Å². The first-order chi connectivity index (χ1) is 12.9. The molecule has 0 radical (unpaired) electrons. The largest absolute Gasteiger partial charge is 0.466 e. The fraction of sp³-hybridized carbons (Fsp3) is 0.571. The van der Waals surface area contributed by atoms with Gasteiger partial charge < -0.3 is 14.5 Å². The van der Waals surface area contributed by atoms with Gasteiger partial charge in [-0.15, -0.1) is 0 Å². The summed E-state index contributed by atoms with van der Waals surface area (Å²) >= 11 is 0. The lowest BCUT2D eigenvalue weighted by Gasteiger charge is -2.41. The molecule has 6 heteroatoms. The van der Waals surface area contributed by atoms with Crippen molar-refractivity contribution in [3.8, 4) is 0 Å². The predicted octanol–water partition coefficient (Wildman–Crippen LogP) is 3.07. The van der Waals surface area contributed by atoms with Crippen LogP contribution < -0.4 is 0 Å². The smallest absolute Gasteiger partial charge is 0.314 e. The second kappa shape index (κ2) is 8.11. The Kier molecular flexibility index (Phi) is 5.82. The first kappa shape index (κ1) is 19.4. The molecule has 1 saturated heterocycles. The number of ether oxygens (including phenoxy) is 1. The zero-order valence-corrected chi connectivity index (χ0v) is 16.4. The predicted molar refractivity (Wildman–Crippen MR) is 102 cm³/mol. The maximum absolute atomic E-state index is 12.8. The van der Waals surface area contributed by atoms with Crippen molar-refractivity contribution in [2.75, 3.05) is 19.7 Å². The highest BCUT2D eigenvalue weighted by Gasteiger charge is 2.47. The van der Waals surface area contributed by atoms with E-state index in [1.807, 2.05) is 26.0 Å². The lowest BCUT2D eigenvalue weighted by molar-refractivity contribution is -0.163. The Morgan fingerprint density at radius 3 is 2.74 bits per heavy atom. The van der Waals surface area contributed by atoms with Crippen molar-refractivity contribution in [3.63, 3.8) is 0 Å². The van der Waals surface area contributed by atoms with E-state index in [9.17, 15) is 9.59 Å². The highest BCUT2D eigenvalue weighted by Crippen LogP contribution is 2.39. The Morgan fingerprint density at radius 1 is 1.33 bits per heavy atom. The third-order valence-electron chi connectivity index (χ3n) is 5.47. The van der Waals surface area contributed by atoms with E-state index in [0.29, 0.717) is 39.0 Å². The first-order valence-electron chi connectivity index (χ1n) is 9.66. The lowest BCUT2D eigenvalue weighted by atomic mass is 9.74. The van der Waals surface area contributed by atoms with Crippen molar-refractivity contribution in [1.82, 2.24) is 4.90 Å². The maximum atomic E-state index is 12.8. The maximum Gasteiger partial charge on any atom is 0.314 e. The molecule has 6 nitrogen and oxygen atoms in total. The molecule has 0 aliphatic carbocycles. The van der Waals surface area contributed by atoms with Crippen LogP contribution >= 0.6 is 0 Å². The van der Waals surface area contributed by atoms with Gasteiger partial charge in [-0.1, -0.05) is 35.0 Å². The molecule has 1 fully saturated rings. The van der Waals surface area contributed by atoms with Gasteiger partial charge in [0.15, 0.2) is 0 Å². The molecule has 2 atom stereocenters.